The Hall–Kier alpha value is -0.390. The third-order valence-electron chi connectivity index (χ3n) is 4.21. The summed E-state index contributed by atoms with van der Waals surface area (Å²) in [6.45, 7) is 4.04. The van der Waals surface area contributed by atoms with Crippen LogP contribution in [-0.2, 0) is 16.3 Å². The first kappa shape index (κ1) is 17.0. The fraction of sp³-hybridized carbons (Fsp3) is 0.625. The molecule has 2 unspecified atom stereocenters. The zero-order chi connectivity index (χ0) is 15.3. The van der Waals surface area contributed by atoms with E-state index in [4.69, 9.17) is 0 Å². The highest BCUT2D eigenvalue weighted by Crippen LogP contribution is 2.30. The van der Waals surface area contributed by atoms with E-state index in [0.29, 0.717) is 17.4 Å². The average molecular weight is 374 g/mol. The van der Waals surface area contributed by atoms with Crippen LogP contribution in [0.5, 0.6) is 0 Å². The van der Waals surface area contributed by atoms with E-state index in [2.05, 4.69) is 40.3 Å². The second-order valence-corrected chi connectivity index (χ2v) is 9.01. The number of halogens is 1. The Bertz CT molecular complexity index is 559. The lowest BCUT2D eigenvalue weighted by Crippen LogP contribution is -2.31. The lowest BCUT2D eigenvalue weighted by Gasteiger charge is -2.23. The third-order valence-corrected chi connectivity index (χ3v) is 6.77. The summed E-state index contributed by atoms with van der Waals surface area (Å²) in [5, 5.41) is 3.47. The third kappa shape index (κ3) is 5.08. The van der Waals surface area contributed by atoms with Crippen molar-refractivity contribution in [3.8, 4) is 0 Å². The Morgan fingerprint density at radius 1 is 1.38 bits per heavy atom. The molecule has 2 atom stereocenters. The maximum Gasteiger partial charge on any atom is 0.150 e. The molecule has 1 aromatic carbocycles. The van der Waals surface area contributed by atoms with Crippen molar-refractivity contribution in [1.29, 1.82) is 0 Å². The molecule has 0 aromatic heterocycles. The van der Waals surface area contributed by atoms with Crippen LogP contribution in [0.2, 0.25) is 0 Å². The standard InChI is InChI=1S/C16H24BrNO2S/c1-2-8-18-11-15(14-7-9-21(19,20)12-14)10-13-5-3-4-6-16(13)17/h3-6,14-15,18H,2,7-12H2,1H3. The summed E-state index contributed by atoms with van der Waals surface area (Å²) < 4.78 is 24.6. The van der Waals surface area contributed by atoms with Crippen LogP contribution in [0.1, 0.15) is 25.3 Å². The van der Waals surface area contributed by atoms with E-state index in [1.165, 1.54) is 5.56 Å². The molecule has 1 heterocycles. The molecule has 1 fully saturated rings. The summed E-state index contributed by atoms with van der Waals surface area (Å²) in [6.07, 6.45) is 2.84. The first-order valence-electron chi connectivity index (χ1n) is 7.66. The second-order valence-electron chi connectivity index (χ2n) is 5.92. The van der Waals surface area contributed by atoms with Crippen LogP contribution in [0.3, 0.4) is 0 Å². The van der Waals surface area contributed by atoms with Crippen molar-refractivity contribution in [2.24, 2.45) is 11.8 Å². The number of benzene rings is 1. The van der Waals surface area contributed by atoms with E-state index in [9.17, 15) is 8.42 Å². The van der Waals surface area contributed by atoms with Crippen LogP contribution in [-0.4, -0.2) is 33.0 Å². The van der Waals surface area contributed by atoms with Gasteiger partial charge in [0.1, 0.15) is 0 Å². The summed E-state index contributed by atoms with van der Waals surface area (Å²) >= 11 is 3.60. The highest BCUT2D eigenvalue weighted by molar-refractivity contribution is 9.10. The highest BCUT2D eigenvalue weighted by atomic mass is 79.9. The van der Waals surface area contributed by atoms with E-state index in [0.717, 1.165) is 36.8 Å². The fourth-order valence-electron chi connectivity index (χ4n) is 3.01. The minimum Gasteiger partial charge on any atom is -0.316 e. The van der Waals surface area contributed by atoms with Gasteiger partial charge >= 0.3 is 0 Å². The normalized spacial score (nSPS) is 22.3. The van der Waals surface area contributed by atoms with Crippen LogP contribution in [0.25, 0.3) is 0 Å². The predicted molar refractivity (Wildman–Crippen MR) is 91.3 cm³/mol. The minimum atomic E-state index is -2.81. The Balaban J connectivity index is 2.07. The quantitative estimate of drug-likeness (QED) is 0.747. The first-order chi connectivity index (χ1) is 10.0. The van der Waals surface area contributed by atoms with Gasteiger partial charge < -0.3 is 5.32 Å². The monoisotopic (exact) mass is 373 g/mol. The van der Waals surface area contributed by atoms with Crippen molar-refractivity contribution < 1.29 is 8.42 Å². The van der Waals surface area contributed by atoms with Crippen molar-refractivity contribution in [3.63, 3.8) is 0 Å². The Kier molecular flexibility index (Phi) is 6.26. The summed E-state index contributed by atoms with van der Waals surface area (Å²) in [7, 11) is -2.81. The second kappa shape index (κ2) is 7.75. The molecular weight excluding hydrogens is 350 g/mol. The molecule has 1 aliphatic heterocycles. The van der Waals surface area contributed by atoms with E-state index < -0.39 is 9.84 Å². The van der Waals surface area contributed by atoms with Gasteiger partial charge in [0.15, 0.2) is 9.84 Å². The van der Waals surface area contributed by atoms with Gasteiger partial charge in [0.05, 0.1) is 11.5 Å². The van der Waals surface area contributed by atoms with Crippen molar-refractivity contribution in [3.05, 3.63) is 34.3 Å². The van der Waals surface area contributed by atoms with Crippen LogP contribution >= 0.6 is 15.9 Å². The molecular formula is C16H24BrNO2S. The maximum absolute atomic E-state index is 11.8. The van der Waals surface area contributed by atoms with Crippen molar-refractivity contribution >= 4 is 25.8 Å². The molecule has 0 amide bonds. The van der Waals surface area contributed by atoms with Gasteiger partial charge in [-0.3, -0.25) is 0 Å². The Morgan fingerprint density at radius 3 is 2.76 bits per heavy atom. The largest absolute Gasteiger partial charge is 0.316 e. The summed E-state index contributed by atoms with van der Waals surface area (Å²) in [4.78, 5) is 0. The molecule has 0 saturated carbocycles. The van der Waals surface area contributed by atoms with E-state index in [1.54, 1.807) is 0 Å². The van der Waals surface area contributed by atoms with Gasteiger partial charge in [0, 0.05) is 4.47 Å². The molecule has 1 aliphatic rings. The molecule has 2 rings (SSSR count). The van der Waals surface area contributed by atoms with Gasteiger partial charge in [-0.25, -0.2) is 8.42 Å². The fourth-order valence-corrected chi connectivity index (χ4v) is 5.38. The van der Waals surface area contributed by atoms with Crippen LogP contribution in [0.15, 0.2) is 28.7 Å². The molecule has 118 valence electrons. The predicted octanol–water partition coefficient (Wildman–Crippen LogP) is 3.04. The Labute approximate surface area is 136 Å². The van der Waals surface area contributed by atoms with Crippen molar-refractivity contribution in [2.75, 3.05) is 24.6 Å². The minimum absolute atomic E-state index is 0.284. The van der Waals surface area contributed by atoms with Crippen LogP contribution in [0, 0.1) is 11.8 Å². The van der Waals surface area contributed by atoms with E-state index >= 15 is 0 Å². The van der Waals surface area contributed by atoms with Gasteiger partial charge in [0.25, 0.3) is 0 Å². The summed E-state index contributed by atoms with van der Waals surface area (Å²) in [5.74, 6) is 1.38. The molecule has 1 N–H and O–H groups in total. The smallest absolute Gasteiger partial charge is 0.150 e. The van der Waals surface area contributed by atoms with Gasteiger partial charge in [-0.2, -0.15) is 0 Å². The number of rotatable bonds is 7. The van der Waals surface area contributed by atoms with Gasteiger partial charge in [0.2, 0.25) is 0 Å². The molecule has 0 bridgehead atoms. The van der Waals surface area contributed by atoms with E-state index in [-0.39, 0.29) is 5.92 Å². The van der Waals surface area contributed by atoms with Crippen LogP contribution in [0.4, 0.5) is 0 Å². The summed E-state index contributed by atoms with van der Waals surface area (Å²) in [6, 6.07) is 8.23. The molecule has 0 radical (unpaired) electrons. The lowest BCUT2D eigenvalue weighted by molar-refractivity contribution is 0.343. The van der Waals surface area contributed by atoms with Crippen molar-refractivity contribution in [2.45, 2.75) is 26.2 Å². The number of sulfone groups is 1. The molecule has 0 spiro atoms. The number of hydrogen-bond acceptors (Lipinski definition) is 3. The van der Waals surface area contributed by atoms with E-state index in [1.807, 2.05) is 12.1 Å². The molecule has 3 nitrogen and oxygen atoms in total. The Morgan fingerprint density at radius 2 is 2.14 bits per heavy atom. The number of hydrogen-bond donors (Lipinski definition) is 1. The van der Waals surface area contributed by atoms with Gasteiger partial charge in [-0.1, -0.05) is 41.1 Å². The maximum atomic E-state index is 11.8. The van der Waals surface area contributed by atoms with Gasteiger partial charge in [-0.05, 0) is 55.8 Å². The lowest BCUT2D eigenvalue weighted by atomic mass is 9.86. The topological polar surface area (TPSA) is 46.2 Å². The molecule has 1 aromatic rings. The van der Waals surface area contributed by atoms with Crippen LogP contribution < -0.4 is 5.32 Å². The molecule has 5 heteroatoms. The number of nitrogens with one attached hydrogen (secondary N) is 1. The molecule has 1 saturated heterocycles. The average Bonchev–Trinajstić information content (AvgIpc) is 2.80. The molecule has 21 heavy (non-hydrogen) atoms. The first-order valence-corrected chi connectivity index (χ1v) is 10.3. The summed E-state index contributed by atoms with van der Waals surface area (Å²) in [5.41, 5.74) is 1.27. The zero-order valence-corrected chi connectivity index (χ0v) is 14.9. The molecule has 0 aliphatic carbocycles. The zero-order valence-electron chi connectivity index (χ0n) is 12.5. The van der Waals surface area contributed by atoms with Gasteiger partial charge in [-0.15, -0.1) is 0 Å². The SMILES string of the molecule is CCCNCC(Cc1ccccc1Br)C1CCS(=O)(=O)C1. The van der Waals surface area contributed by atoms with Crippen molar-refractivity contribution in [1.82, 2.24) is 5.32 Å². The highest BCUT2D eigenvalue weighted by Gasteiger charge is 2.33.